The lowest BCUT2D eigenvalue weighted by Gasteiger charge is -2.29. The van der Waals surface area contributed by atoms with Crippen LogP contribution in [0.25, 0.3) is 0 Å². The number of hydrogen-bond acceptors (Lipinski definition) is 5. The topological polar surface area (TPSA) is 80.8 Å². The Morgan fingerprint density at radius 1 is 1.29 bits per heavy atom. The molecule has 1 aliphatic heterocycles. The summed E-state index contributed by atoms with van der Waals surface area (Å²) in [6.45, 7) is 3.71. The van der Waals surface area contributed by atoms with E-state index in [1.54, 1.807) is 6.92 Å². The molecule has 2 rings (SSSR count). The van der Waals surface area contributed by atoms with Crippen LogP contribution in [0.2, 0.25) is 0 Å². The molecule has 1 heterocycles. The molecule has 0 bridgehead atoms. The number of ether oxygens (including phenoxy) is 1. The zero-order valence-corrected chi connectivity index (χ0v) is 14.8. The van der Waals surface area contributed by atoms with Gasteiger partial charge in [-0.2, -0.15) is 0 Å². The van der Waals surface area contributed by atoms with Gasteiger partial charge in [0.2, 0.25) is 0 Å². The molecule has 0 aromatic heterocycles. The summed E-state index contributed by atoms with van der Waals surface area (Å²) in [6.07, 6.45) is -0.390. The number of rotatable bonds is 6. The minimum absolute atomic E-state index is 0.0166. The molecule has 132 valence electrons. The van der Waals surface area contributed by atoms with Crippen molar-refractivity contribution >= 4 is 21.7 Å². The van der Waals surface area contributed by atoms with E-state index in [1.807, 2.05) is 30.3 Å². The highest BCUT2D eigenvalue weighted by Crippen LogP contribution is 2.19. The first-order valence-electron chi connectivity index (χ1n) is 8.06. The minimum atomic E-state index is -3.08. The first kappa shape index (κ1) is 18.4. The summed E-state index contributed by atoms with van der Waals surface area (Å²) in [4.78, 5) is 26.0. The fraction of sp³-hybridized carbons (Fsp3) is 0.529. The molecule has 0 spiro atoms. The van der Waals surface area contributed by atoms with E-state index in [-0.39, 0.29) is 29.9 Å². The SMILES string of the molecule is CCN(C(=O)C(C)OC(=O)Cc1ccccc1)C1CCS(=O)(=O)C1. The second kappa shape index (κ2) is 7.79. The number of carbonyl (C=O) groups is 2. The lowest BCUT2D eigenvalue weighted by molar-refractivity contribution is -0.159. The summed E-state index contributed by atoms with van der Waals surface area (Å²) in [5.41, 5.74) is 0.816. The number of esters is 1. The molecule has 1 aromatic rings. The predicted octanol–water partition coefficient (Wildman–Crippen LogP) is 1.20. The molecule has 6 nitrogen and oxygen atoms in total. The van der Waals surface area contributed by atoms with Crippen molar-refractivity contribution in [3.05, 3.63) is 35.9 Å². The van der Waals surface area contributed by atoms with Crippen LogP contribution in [0.1, 0.15) is 25.8 Å². The van der Waals surface area contributed by atoms with Crippen LogP contribution in [0, 0.1) is 0 Å². The van der Waals surface area contributed by atoms with E-state index in [2.05, 4.69) is 0 Å². The highest BCUT2D eigenvalue weighted by atomic mass is 32.2. The van der Waals surface area contributed by atoms with E-state index in [4.69, 9.17) is 4.74 Å². The number of amides is 1. The van der Waals surface area contributed by atoms with Crippen molar-refractivity contribution in [2.24, 2.45) is 0 Å². The summed E-state index contributed by atoms with van der Waals surface area (Å²) in [7, 11) is -3.08. The van der Waals surface area contributed by atoms with Crippen molar-refractivity contribution in [2.75, 3.05) is 18.1 Å². The smallest absolute Gasteiger partial charge is 0.311 e. The Bertz CT molecular complexity index is 686. The number of nitrogens with zero attached hydrogens (tertiary/aromatic N) is 1. The molecule has 1 amide bonds. The zero-order chi connectivity index (χ0) is 17.7. The van der Waals surface area contributed by atoms with Gasteiger partial charge in [-0.25, -0.2) is 8.42 Å². The van der Waals surface area contributed by atoms with Crippen LogP contribution in [0.4, 0.5) is 0 Å². The third-order valence-corrected chi connectivity index (χ3v) is 5.87. The largest absolute Gasteiger partial charge is 0.452 e. The van der Waals surface area contributed by atoms with Crippen molar-refractivity contribution in [1.29, 1.82) is 0 Å². The average molecular weight is 353 g/mol. The molecule has 2 atom stereocenters. The fourth-order valence-electron chi connectivity index (χ4n) is 2.90. The fourth-order valence-corrected chi connectivity index (χ4v) is 4.63. The Morgan fingerprint density at radius 2 is 1.96 bits per heavy atom. The summed E-state index contributed by atoms with van der Waals surface area (Å²) < 4.78 is 28.5. The van der Waals surface area contributed by atoms with Crippen molar-refractivity contribution in [3.63, 3.8) is 0 Å². The standard InChI is InChI=1S/C17H23NO5S/c1-3-18(15-9-10-24(21,22)12-15)17(20)13(2)23-16(19)11-14-7-5-4-6-8-14/h4-8,13,15H,3,9-12H2,1-2H3. The molecule has 0 radical (unpaired) electrons. The molecule has 1 fully saturated rings. The summed E-state index contributed by atoms with van der Waals surface area (Å²) in [5.74, 6) is -0.737. The molecule has 1 aromatic carbocycles. The van der Waals surface area contributed by atoms with Gasteiger partial charge in [-0.3, -0.25) is 9.59 Å². The minimum Gasteiger partial charge on any atom is -0.452 e. The number of benzene rings is 1. The monoisotopic (exact) mass is 353 g/mol. The molecule has 0 N–H and O–H groups in total. The molecular formula is C17H23NO5S. The Labute approximate surface area is 142 Å². The van der Waals surface area contributed by atoms with Gasteiger partial charge in [-0.1, -0.05) is 30.3 Å². The van der Waals surface area contributed by atoms with Crippen LogP contribution in [0.15, 0.2) is 30.3 Å². The first-order valence-corrected chi connectivity index (χ1v) is 9.89. The van der Waals surface area contributed by atoms with Crippen molar-refractivity contribution in [2.45, 2.75) is 38.8 Å². The van der Waals surface area contributed by atoms with Crippen molar-refractivity contribution < 1.29 is 22.7 Å². The van der Waals surface area contributed by atoms with Gasteiger partial charge in [0.15, 0.2) is 15.9 Å². The van der Waals surface area contributed by atoms with Crippen molar-refractivity contribution in [1.82, 2.24) is 4.90 Å². The van der Waals surface area contributed by atoms with Gasteiger partial charge in [-0.15, -0.1) is 0 Å². The van der Waals surface area contributed by atoms with Gasteiger partial charge in [0.25, 0.3) is 5.91 Å². The maximum absolute atomic E-state index is 12.5. The second-order valence-corrected chi connectivity index (χ2v) is 8.20. The Balaban J connectivity index is 1.93. The van der Waals surface area contributed by atoms with Crippen LogP contribution in [-0.2, 0) is 30.6 Å². The van der Waals surface area contributed by atoms with E-state index in [1.165, 1.54) is 11.8 Å². The summed E-state index contributed by atoms with van der Waals surface area (Å²) >= 11 is 0. The van der Waals surface area contributed by atoms with Gasteiger partial charge in [0.05, 0.1) is 17.9 Å². The van der Waals surface area contributed by atoms with E-state index in [0.717, 1.165) is 5.56 Å². The Hall–Kier alpha value is -1.89. The Kier molecular flexibility index (Phi) is 5.99. The normalized spacial score (nSPS) is 20.3. The van der Waals surface area contributed by atoms with E-state index >= 15 is 0 Å². The van der Waals surface area contributed by atoms with E-state index in [0.29, 0.717) is 13.0 Å². The summed E-state index contributed by atoms with van der Waals surface area (Å²) in [5, 5.41) is 0. The predicted molar refractivity (Wildman–Crippen MR) is 90.1 cm³/mol. The average Bonchev–Trinajstić information content (AvgIpc) is 2.88. The van der Waals surface area contributed by atoms with Crippen LogP contribution in [-0.4, -0.2) is 55.4 Å². The molecule has 1 aliphatic rings. The lowest BCUT2D eigenvalue weighted by atomic mass is 10.1. The van der Waals surface area contributed by atoms with Gasteiger partial charge in [0, 0.05) is 12.6 Å². The highest BCUT2D eigenvalue weighted by Gasteiger charge is 2.36. The molecular weight excluding hydrogens is 330 g/mol. The maximum atomic E-state index is 12.5. The number of sulfone groups is 1. The van der Waals surface area contributed by atoms with Gasteiger partial charge >= 0.3 is 5.97 Å². The second-order valence-electron chi connectivity index (χ2n) is 5.98. The lowest BCUT2D eigenvalue weighted by Crippen LogP contribution is -2.46. The summed E-state index contributed by atoms with van der Waals surface area (Å²) in [6, 6.07) is 8.82. The highest BCUT2D eigenvalue weighted by molar-refractivity contribution is 7.91. The van der Waals surface area contributed by atoms with Crippen LogP contribution in [0.3, 0.4) is 0 Å². The van der Waals surface area contributed by atoms with Gasteiger partial charge < -0.3 is 9.64 Å². The van der Waals surface area contributed by atoms with Gasteiger partial charge in [-0.05, 0) is 25.8 Å². The number of likely N-dealkylation sites (N-methyl/N-ethyl adjacent to an activating group) is 1. The molecule has 24 heavy (non-hydrogen) atoms. The molecule has 0 aliphatic carbocycles. The van der Waals surface area contributed by atoms with Crippen LogP contribution in [0.5, 0.6) is 0 Å². The molecule has 0 saturated carbocycles. The Morgan fingerprint density at radius 3 is 2.50 bits per heavy atom. The molecule has 1 saturated heterocycles. The first-order chi connectivity index (χ1) is 11.3. The molecule has 7 heteroatoms. The zero-order valence-electron chi connectivity index (χ0n) is 14.0. The van der Waals surface area contributed by atoms with Crippen LogP contribution >= 0.6 is 0 Å². The van der Waals surface area contributed by atoms with E-state index < -0.39 is 21.9 Å². The number of carbonyl (C=O) groups excluding carboxylic acids is 2. The number of hydrogen-bond donors (Lipinski definition) is 0. The quantitative estimate of drug-likeness (QED) is 0.718. The van der Waals surface area contributed by atoms with E-state index in [9.17, 15) is 18.0 Å². The molecule has 2 unspecified atom stereocenters. The van der Waals surface area contributed by atoms with Gasteiger partial charge in [0.1, 0.15) is 0 Å². The van der Waals surface area contributed by atoms with Crippen molar-refractivity contribution in [3.8, 4) is 0 Å². The third kappa shape index (κ3) is 4.80. The van der Waals surface area contributed by atoms with Crippen LogP contribution < -0.4 is 0 Å². The third-order valence-electron chi connectivity index (χ3n) is 4.12. The maximum Gasteiger partial charge on any atom is 0.311 e.